The first-order chi connectivity index (χ1) is 8.63. The minimum atomic E-state index is -0.803. The number of rotatable bonds is 5. The van der Waals surface area contributed by atoms with E-state index in [4.69, 9.17) is 4.74 Å². The van der Waals surface area contributed by atoms with Gasteiger partial charge >= 0.3 is 0 Å². The van der Waals surface area contributed by atoms with Gasteiger partial charge in [0.25, 0.3) is 0 Å². The van der Waals surface area contributed by atoms with Crippen LogP contribution in [0.5, 0.6) is 5.75 Å². The Labute approximate surface area is 124 Å². The predicted molar refractivity (Wildman–Crippen MR) is 82.8 cm³/mol. The lowest BCUT2D eigenvalue weighted by Gasteiger charge is -2.30. The SMILES string of the molecule is COc1ccc(Br)c(CC(C)(O)CNC(C)(C)C)c1. The van der Waals surface area contributed by atoms with E-state index < -0.39 is 5.60 Å². The van der Waals surface area contributed by atoms with Crippen molar-refractivity contribution in [2.45, 2.75) is 45.3 Å². The van der Waals surface area contributed by atoms with Crippen LogP contribution < -0.4 is 10.1 Å². The molecule has 4 heteroatoms. The maximum Gasteiger partial charge on any atom is 0.119 e. The Hall–Kier alpha value is -0.580. The molecular weight excluding hydrogens is 306 g/mol. The Morgan fingerprint density at radius 3 is 2.42 bits per heavy atom. The molecule has 0 aliphatic carbocycles. The topological polar surface area (TPSA) is 41.5 Å². The summed E-state index contributed by atoms with van der Waals surface area (Å²) in [6, 6.07) is 5.80. The van der Waals surface area contributed by atoms with Gasteiger partial charge < -0.3 is 15.2 Å². The van der Waals surface area contributed by atoms with Crippen LogP contribution in [-0.4, -0.2) is 29.9 Å². The van der Waals surface area contributed by atoms with E-state index in [1.165, 1.54) is 0 Å². The Bertz CT molecular complexity index is 425. The molecule has 0 spiro atoms. The molecule has 1 atom stereocenters. The number of benzene rings is 1. The van der Waals surface area contributed by atoms with E-state index in [0.29, 0.717) is 13.0 Å². The van der Waals surface area contributed by atoms with Crippen LogP contribution in [0.4, 0.5) is 0 Å². The van der Waals surface area contributed by atoms with E-state index >= 15 is 0 Å². The zero-order valence-electron chi connectivity index (χ0n) is 12.4. The zero-order chi connectivity index (χ0) is 14.7. The highest BCUT2D eigenvalue weighted by atomic mass is 79.9. The first-order valence-corrected chi connectivity index (χ1v) is 7.22. The fourth-order valence-electron chi connectivity index (χ4n) is 1.74. The Morgan fingerprint density at radius 2 is 1.89 bits per heavy atom. The Morgan fingerprint density at radius 1 is 1.26 bits per heavy atom. The van der Waals surface area contributed by atoms with Crippen molar-refractivity contribution in [1.82, 2.24) is 5.32 Å². The number of hydrogen-bond acceptors (Lipinski definition) is 3. The molecule has 1 aromatic carbocycles. The average molecular weight is 330 g/mol. The summed E-state index contributed by atoms with van der Waals surface area (Å²) in [6.07, 6.45) is 0.563. The van der Waals surface area contributed by atoms with Gasteiger partial charge in [0, 0.05) is 23.0 Å². The minimum absolute atomic E-state index is 0.00437. The highest BCUT2D eigenvalue weighted by Gasteiger charge is 2.24. The molecule has 0 amide bonds. The third kappa shape index (κ3) is 5.93. The Kier molecular flexibility index (Phi) is 5.42. The van der Waals surface area contributed by atoms with Crippen LogP contribution in [0.25, 0.3) is 0 Å². The third-order valence-electron chi connectivity index (χ3n) is 2.82. The molecule has 0 fully saturated rings. The van der Waals surface area contributed by atoms with E-state index in [1.54, 1.807) is 7.11 Å². The number of methoxy groups -OCH3 is 1. The van der Waals surface area contributed by atoms with E-state index in [1.807, 2.05) is 25.1 Å². The molecule has 0 aliphatic heterocycles. The van der Waals surface area contributed by atoms with Gasteiger partial charge in [-0.3, -0.25) is 0 Å². The normalized spacial score (nSPS) is 15.1. The van der Waals surface area contributed by atoms with Gasteiger partial charge in [0.2, 0.25) is 0 Å². The summed E-state index contributed by atoms with van der Waals surface area (Å²) in [6.45, 7) is 8.65. The summed E-state index contributed by atoms with van der Waals surface area (Å²) >= 11 is 3.52. The maximum atomic E-state index is 10.5. The highest BCUT2D eigenvalue weighted by molar-refractivity contribution is 9.10. The molecule has 1 rings (SSSR count). The number of nitrogens with one attached hydrogen (secondary N) is 1. The van der Waals surface area contributed by atoms with Crippen LogP contribution in [0.15, 0.2) is 22.7 Å². The Balaban J connectivity index is 2.77. The molecular formula is C15H24BrNO2. The molecule has 1 unspecified atom stereocenters. The second-order valence-electron chi connectivity index (χ2n) is 6.23. The average Bonchev–Trinajstić information content (AvgIpc) is 2.29. The second-order valence-corrected chi connectivity index (χ2v) is 7.09. The summed E-state index contributed by atoms with van der Waals surface area (Å²) in [5.74, 6) is 0.804. The van der Waals surface area contributed by atoms with Crippen LogP contribution in [-0.2, 0) is 6.42 Å². The molecule has 3 nitrogen and oxygen atoms in total. The summed E-state index contributed by atoms with van der Waals surface area (Å²) < 4.78 is 6.21. The van der Waals surface area contributed by atoms with Crippen molar-refractivity contribution < 1.29 is 9.84 Å². The fourth-order valence-corrected chi connectivity index (χ4v) is 2.13. The lowest BCUT2D eigenvalue weighted by Crippen LogP contribution is -2.47. The first kappa shape index (κ1) is 16.5. The van der Waals surface area contributed by atoms with Crippen LogP contribution >= 0.6 is 15.9 Å². The van der Waals surface area contributed by atoms with E-state index in [9.17, 15) is 5.11 Å². The van der Waals surface area contributed by atoms with Crippen LogP contribution in [0.1, 0.15) is 33.3 Å². The molecule has 1 aromatic rings. The lowest BCUT2D eigenvalue weighted by molar-refractivity contribution is 0.0533. The second kappa shape index (κ2) is 6.25. The maximum absolute atomic E-state index is 10.5. The van der Waals surface area contributed by atoms with Crippen LogP contribution in [0.2, 0.25) is 0 Å². The van der Waals surface area contributed by atoms with Crippen molar-refractivity contribution in [3.8, 4) is 5.75 Å². The summed E-state index contributed by atoms with van der Waals surface area (Å²) in [7, 11) is 1.65. The van der Waals surface area contributed by atoms with Gasteiger partial charge in [-0.1, -0.05) is 15.9 Å². The number of ether oxygens (including phenoxy) is 1. The smallest absolute Gasteiger partial charge is 0.119 e. The summed E-state index contributed by atoms with van der Waals surface area (Å²) in [4.78, 5) is 0. The molecule has 0 heterocycles. The number of aliphatic hydroxyl groups is 1. The van der Waals surface area contributed by atoms with Gasteiger partial charge in [-0.25, -0.2) is 0 Å². The van der Waals surface area contributed by atoms with Gasteiger partial charge in [0.1, 0.15) is 5.75 Å². The van der Waals surface area contributed by atoms with Gasteiger partial charge in [-0.05, 0) is 51.5 Å². The van der Waals surface area contributed by atoms with Crippen molar-refractivity contribution in [1.29, 1.82) is 0 Å². The molecule has 0 aliphatic rings. The number of halogens is 1. The number of hydrogen-bond donors (Lipinski definition) is 2. The van der Waals surface area contributed by atoms with Crippen LogP contribution in [0.3, 0.4) is 0 Å². The zero-order valence-corrected chi connectivity index (χ0v) is 14.0. The van der Waals surface area contributed by atoms with Gasteiger partial charge in [0.15, 0.2) is 0 Å². The van der Waals surface area contributed by atoms with E-state index in [2.05, 4.69) is 42.0 Å². The standard InChI is InChI=1S/C15H24BrNO2/c1-14(2,3)17-10-15(4,18)9-11-8-12(19-5)6-7-13(11)16/h6-8,17-18H,9-10H2,1-5H3. The van der Waals surface area contributed by atoms with Crippen molar-refractivity contribution in [3.63, 3.8) is 0 Å². The van der Waals surface area contributed by atoms with Crippen LogP contribution in [0, 0.1) is 0 Å². The lowest BCUT2D eigenvalue weighted by atomic mass is 9.95. The fraction of sp³-hybridized carbons (Fsp3) is 0.600. The van der Waals surface area contributed by atoms with Crippen molar-refractivity contribution >= 4 is 15.9 Å². The first-order valence-electron chi connectivity index (χ1n) is 6.43. The third-order valence-corrected chi connectivity index (χ3v) is 3.60. The molecule has 0 saturated carbocycles. The molecule has 2 N–H and O–H groups in total. The monoisotopic (exact) mass is 329 g/mol. The quantitative estimate of drug-likeness (QED) is 0.871. The number of β-amino-alcohol motifs (C(OH)–C–C–N with tert-alkyl or cyclic N) is 1. The molecule has 108 valence electrons. The van der Waals surface area contributed by atoms with Gasteiger partial charge in [-0.2, -0.15) is 0 Å². The molecule has 0 aromatic heterocycles. The summed E-state index contributed by atoms with van der Waals surface area (Å²) in [5, 5.41) is 13.8. The van der Waals surface area contributed by atoms with E-state index in [0.717, 1.165) is 15.8 Å². The predicted octanol–water partition coefficient (Wildman–Crippen LogP) is 3.14. The molecule has 0 saturated heterocycles. The molecule has 0 radical (unpaired) electrons. The largest absolute Gasteiger partial charge is 0.497 e. The van der Waals surface area contributed by atoms with Crippen molar-refractivity contribution in [2.75, 3.05) is 13.7 Å². The molecule has 19 heavy (non-hydrogen) atoms. The highest BCUT2D eigenvalue weighted by Crippen LogP contribution is 2.26. The minimum Gasteiger partial charge on any atom is -0.497 e. The van der Waals surface area contributed by atoms with Gasteiger partial charge in [0.05, 0.1) is 12.7 Å². The van der Waals surface area contributed by atoms with E-state index in [-0.39, 0.29) is 5.54 Å². The molecule has 0 bridgehead atoms. The van der Waals surface area contributed by atoms with Crippen molar-refractivity contribution in [3.05, 3.63) is 28.2 Å². The van der Waals surface area contributed by atoms with Crippen molar-refractivity contribution in [2.24, 2.45) is 0 Å². The van der Waals surface area contributed by atoms with Gasteiger partial charge in [-0.15, -0.1) is 0 Å². The summed E-state index contributed by atoms with van der Waals surface area (Å²) in [5.41, 5.74) is 0.234.